The second-order valence-electron chi connectivity index (χ2n) is 11.5. The molecule has 0 nitrogen and oxygen atoms in total. The standard InChI is InChI=1S/C32H56Si/c1-5-6-7-8-9-10-11-12-13-14-15-16-17-18-19-21-24-30-27-31(29(3)28(30)2)33-32(4)25-22-20-23-26-32/h20,22-23,25,27,31H,5-19,21,24,26,33H2,1-4H3. The largest absolute Gasteiger partial charge is 0.0840 e. The van der Waals surface area contributed by atoms with E-state index in [0.717, 1.165) is 5.54 Å². The number of allylic oxidation sites excluding steroid dienone is 8. The molecule has 33 heavy (non-hydrogen) atoms. The number of unbranched alkanes of at least 4 members (excludes halogenated alkanes) is 15. The first-order chi connectivity index (χ1) is 16.1. The van der Waals surface area contributed by atoms with Crippen LogP contribution in [0.1, 0.15) is 143 Å². The smallest absolute Gasteiger partial charge is 0.0447 e. The first kappa shape index (κ1) is 28.4. The monoisotopic (exact) mass is 468 g/mol. The third-order valence-electron chi connectivity index (χ3n) is 8.35. The molecule has 1 heteroatoms. The third kappa shape index (κ3) is 11.4. The zero-order chi connectivity index (χ0) is 23.8. The second-order valence-corrected chi connectivity index (χ2v) is 14.4. The van der Waals surface area contributed by atoms with Gasteiger partial charge in [0.25, 0.3) is 0 Å². The molecule has 2 aliphatic carbocycles. The predicted octanol–water partition coefficient (Wildman–Crippen LogP) is 10.6. The Morgan fingerprint density at radius 3 is 1.76 bits per heavy atom. The molecular formula is C32H56Si. The van der Waals surface area contributed by atoms with Gasteiger partial charge in [-0.1, -0.05) is 146 Å². The van der Waals surface area contributed by atoms with E-state index in [-0.39, 0.29) is 9.52 Å². The van der Waals surface area contributed by atoms with E-state index < -0.39 is 0 Å². The first-order valence-electron chi connectivity index (χ1n) is 14.8. The topological polar surface area (TPSA) is 0 Å². The fraction of sp³-hybridized carbons (Fsp3) is 0.750. The van der Waals surface area contributed by atoms with Crippen LogP contribution in [0.5, 0.6) is 0 Å². The molecule has 0 fully saturated rings. The Morgan fingerprint density at radius 1 is 0.758 bits per heavy atom. The van der Waals surface area contributed by atoms with Crippen molar-refractivity contribution in [1.82, 2.24) is 0 Å². The summed E-state index contributed by atoms with van der Waals surface area (Å²) in [6.07, 6.45) is 37.8. The summed E-state index contributed by atoms with van der Waals surface area (Å²) in [4.78, 5) is 0. The average Bonchev–Trinajstić information content (AvgIpc) is 3.06. The fourth-order valence-electron chi connectivity index (χ4n) is 5.80. The van der Waals surface area contributed by atoms with Crippen molar-refractivity contribution < 1.29 is 0 Å². The van der Waals surface area contributed by atoms with Gasteiger partial charge in [0.05, 0.1) is 0 Å². The van der Waals surface area contributed by atoms with Crippen LogP contribution in [0.2, 0.25) is 10.6 Å². The Hall–Kier alpha value is -0.823. The Morgan fingerprint density at radius 2 is 1.27 bits per heavy atom. The van der Waals surface area contributed by atoms with Crippen LogP contribution in [0.3, 0.4) is 0 Å². The summed E-state index contributed by atoms with van der Waals surface area (Å²) >= 11 is 0. The Labute approximate surface area is 210 Å². The maximum Gasteiger partial charge on any atom is 0.0447 e. The number of rotatable bonds is 19. The summed E-state index contributed by atoms with van der Waals surface area (Å²) < 4.78 is 0. The van der Waals surface area contributed by atoms with Crippen LogP contribution in [0.25, 0.3) is 0 Å². The molecule has 2 atom stereocenters. The van der Waals surface area contributed by atoms with E-state index in [2.05, 4.69) is 58.1 Å². The quantitative estimate of drug-likeness (QED) is 0.131. The van der Waals surface area contributed by atoms with Gasteiger partial charge in [0.1, 0.15) is 0 Å². The maximum absolute atomic E-state index is 2.68. The molecule has 0 heterocycles. The third-order valence-corrected chi connectivity index (χ3v) is 11.1. The lowest BCUT2D eigenvalue weighted by Crippen LogP contribution is -2.19. The summed E-state index contributed by atoms with van der Waals surface area (Å²) in [7, 11) is -0.195. The van der Waals surface area contributed by atoms with E-state index in [0.29, 0.717) is 5.04 Å². The molecule has 0 saturated carbocycles. The minimum atomic E-state index is -0.195. The summed E-state index contributed by atoms with van der Waals surface area (Å²) in [5.41, 5.74) is 5.81. The second kappa shape index (κ2) is 16.7. The fourth-order valence-corrected chi connectivity index (χ4v) is 8.42. The molecule has 0 aromatic heterocycles. The molecule has 0 aliphatic heterocycles. The van der Waals surface area contributed by atoms with E-state index >= 15 is 0 Å². The molecular weight excluding hydrogens is 412 g/mol. The molecule has 0 aromatic rings. The van der Waals surface area contributed by atoms with E-state index in [1.54, 1.807) is 16.7 Å². The predicted molar refractivity (Wildman–Crippen MR) is 154 cm³/mol. The van der Waals surface area contributed by atoms with Gasteiger partial charge in [-0.2, -0.15) is 0 Å². The molecule has 0 aromatic carbocycles. The normalized spacial score (nSPS) is 22.8. The van der Waals surface area contributed by atoms with Gasteiger partial charge in [-0.25, -0.2) is 0 Å². The lowest BCUT2D eigenvalue weighted by molar-refractivity contribution is 0.529. The van der Waals surface area contributed by atoms with Gasteiger partial charge in [0.2, 0.25) is 0 Å². The van der Waals surface area contributed by atoms with Crippen molar-refractivity contribution in [2.45, 2.75) is 154 Å². The van der Waals surface area contributed by atoms with Gasteiger partial charge in [0.15, 0.2) is 0 Å². The van der Waals surface area contributed by atoms with Crippen molar-refractivity contribution in [3.05, 3.63) is 47.1 Å². The van der Waals surface area contributed by atoms with Crippen LogP contribution in [0, 0.1) is 0 Å². The molecule has 2 aliphatic rings. The van der Waals surface area contributed by atoms with E-state index in [1.165, 1.54) is 116 Å². The van der Waals surface area contributed by atoms with Gasteiger partial charge in [-0.05, 0) is 54.8 Å². The Bertz CT molecular complexity index is 649. The van der Waals surface area contributed by atoms with Crippen LogP contribution >= 0.6 is 0 Å². The highest BCUT2D eigenvalue weighted by Crippen LogP contribution is 2.44. The zero-order valence-corrected chi connectivity index (χ0v) is 24.3. The van der Waals surface area contributed by atoms with Crippen LogP contribution in [-0.4, -0.2) is 9.52 Å². The van der Waals surface area contributed by atoms with Crippen molar-refractivity contribution in [1.29, 1.82) is 0 Å². The zero-order valence-electron chi connectivity index (χ0n) is 22.9. The van der Waals surface area contributed by atoms with Gasteiger partial charge in [-0.3, -0.25) is 0 Å². The highest BCUT2D eigenvalue weighted by molar-refractivity contribution is 6.45. The van der Waals surface area contributed by atoms with Gasteiger partial charge in [-0.15, -0.1) is 0 Å². The molecule has 2 rings (SSSR count). The van der Waals surface area contributed by atoms with Crippen molar-refractivity contribution >= 4 is 9.52 Å². The van der Waals surface area contributed by atoms with Crippen LogP contribution in [0.15, 0.2) is 47.1 Å². The summed E-state index contributed by atoms with van der Waals surface area (Å²) in [6.45, 7) is 9.60. The summed E-state index contributed by atoms with van der Waals surface area (Å²) in [6, 6.07) is 0. The summed E-state index contributed by atoms with van der Waals surface area (Å²) in [5.74, 6) is 0. The molecule has 0 bridgehead atoms. The Balaban J connectivity index is 1.45. The molecule has 0 amide bonds. The molecule has 0 radical (unpaired) electrons. The van der Waals surface area contributed by atoms with Crippen LogP contribution < -0.4 is 0 Å². The lowest BCUT2D eigenvalue weighted by Gasteiger charge is -2.29. The molecule has 0 saturated heterocycles. The van der Waals surface area contributed by atoms with Gasteiger partial charge >= 0.3 is 0 Å². The first-order valence-corrected chi connectivity index (χ1v) is 16.3. The van der Waals surface area contributed by atoms with Crippen molar-refractivity contribution in [3.63, 3.8) is 0 Å². The molecule has 2 unspecified atom stereocenters. The maximum atomic E-state index is 2.68. The van der Waals surface area contributed by atoms with E-state index in [4.69, 9.17) is 0 Å². The van der Waals surface area contributed by atoms with Crippen LogP contribution in [-0.2, 0) is 0 Å². The molecule has 0 N–H and O–H groups in total. The van der Waals surface area contributed by atoms with E-state index in [1.807, 2.05) is 0 Å². The lowest BCUT2D eigenvalue weighted by atomic mass is 10.0. The molecule has 188 valence electrons. The van der Waals surface area contributed by atoms with Crippen molar-refractivity contribution in [3.8, 4) is 0 Å². The number of hydrogen-bond acceptors (Lipinski definition) is 0. The minimum Gasteiger partial charge on any atom is -0.0840 e. The van der Waals surface area contributed by atoms with Crippen molar-refractivity contribution in [2.75, 3.05) is 0 Å². The number of hydrogen-bond donors (Lipinski definition) is 0. The Kier molecular flexibility index (Phi) is 14.4. The van der Waals surface area contributed by atoms with E-state index in [9.17, 15) is 0 Å². The highest BCUT2D eigenvalue weighted by atomic mass is 28.2. The van der Waals surface area contributed by atoms with Gasteiger partial charge < -0.3 is 0 Å². The van der Waals surface area contributed by atoms with Gasteiger partial charge in [0, 0.05) is 9.52 Å². The average molecular weight is 469 g/mol. The SMILES string of the molecule is CCCCCCCCCCCCCCCCCCC1=CC([SiH2]C2(C)C=CC=CC2)C(C)=C1C. The minimum absolute atomic E-state index is 0.195. The highest BCUT2D eigenvalue weighted by Gasteiger charge is 2.29. The molecule has 0 spiro atoms. The van der Waals surface area contributed by atoms with Crippen molar-refractivity contribution in [2.24, 2.45) is 0 Å². The summed E-state index contributed by atoms with van der Waals surface area (Å²) in [5, 5.41) is 0.473. The van der Waals surface area contributed by atoms with Crippen LogP contribution in [0.4, 0.5) is 0 Å².